The first-order valence-corrected chi connectivity index (χ1v) is 9.92. The van der Waals surface area contributed by atoms with Gasteiger partial charge in [0, 0.05) is 43.8 Å². The molecular weight excluding hydrogens is 449 g/mol. The molecule has 27 heavy (non-hydrogen) atoms. The Morgan fingerprint density at radius 1 is 1.30 bits per heavy atom. The van der Waals surface area contributed by atoms with Crippen molar-refractivity contribution in [2.24, 2.45) is 10.9 Å². The molecule has 1 saturated heterocycles. The van der Waals surface area contributed by atoms with Gasteiger partial charge in [0.1, 0.15) is 0 Å². The van der Waals surface area contributed by atoms with E-state index in [1.807, 2.05) is 7.05 Å². The molecule has 1 aromatic carbocycles. The fourth-order valence-electron chi connectivity index (χ4n) is 3.99. The van der Waals surface area contributed by atoms with Crippen molar-refractivity contribution in [3.05, 3.63) is 35.5 Å². The molecule has 0 saturated carbocycles. The topological polar surface area (TPSA) is 55.5 Å². The van der Waals surface area contributed by atoms with E-state index in [1.165, 1.54) is 48.0 Å². The predicted molar refractivity (Wildman–Crippen MR) is 126 cm³/mol. The number of piperidine rings is 1. The van der Waals surface area contributed by atoms with Crippen LogP contribution in [0, 0.1) is 5.92 Å². The Kier molecular flexibility index (Phi) is 8.89. The molecule has 0 radical (unpaired) electrons. The van der Waals surface area contributed by atoms with E-state index >= 15 is 0 Å². The van der Waals surface area contributed by atoms with E-state index in [9.17, 15) is 0 Å². The smallest absolute Gasteiger partial charge is 0.190 e. The van der Waals surface area contributed by atoms with Crippen molar-refractivity contribution in [3.8, 4) is 0 Å². The third-order valence-electron chi connectivity index (χ3n) is 5.46. The average Bonchev–Trinajstić information content (AvgIpc) is 3.07. The molecule has 150 valence electrons. The maximum absolute atomic E-state index is 4.37. The van der Waals surface area contributed by atoms with Crippen LogP contribution < -0.4 is 10.6 Å². The molecule has 1 aliphatic rings. The molecule has 3 rings (SSSR count). The van der Waals surface area contributed by atoms with Crippen molar-refractivity contribution >= 4 is 40.8 Å². The van der Waals surface area contributed by atoms with Crippen LogP contribution in [0.3, 0.4) is 0 Å². The number of aliphatic imine (C=N–C) groups is 1. The highest BCUT2D eigenvalue weighted by Crippen LogP contribution is 2.22. The summed E-state index contributed by atoms with van der Waals surface area (Å²) in [4.78, 5) is 10.3. The van der Waals surface area contributed by atoms with Gasteiger partial charge in [-0.3, -0.25) is 4.99 Å². The molecule has 3 N–H and O–H groups in total. The zero-order chi connectivity index (χ0) is 18.4. The summed E-state index contributed by atoms with van der Waals surface area (Å²) in [6.07, 6.45) is 6.81. The second-order valence-electron chi connectivity index (χ2n) is 7.41. The van der Waals surface area contributed by atoms with Crippen LogP contribution in [0.4, 0.5) is 0 Å². The number of aromatic nitrogens is 1. The SMILES string of the molecule is CCc1cccc2c(CCNC(=NC)NCC3CCCN(C)C3)c[nH]c12.I. The molecular formula is C21H34IN5. The number of para-hydroxylation sites is 1. The molecule has 1 unspecified atom stereocenters. The standard InChI is InChI=1S/C21H33N5.HI/c1-4-17-8-5-9-19-18(14-24-20(17)19)10-11-23-21(22-2)25-13-16-7-6-12-26(3)15-16;/h5,8-9,14,16,24H,4,6-7,10-13,15H2,1-3H3,(H2,22,23,25);1H. The first kappa shape index (κ1) is 22.0. The lowest BCUT2D eigenvalue weighted by molar-refractivity contribution is 0.210. The molecule has 0 aliphatic carbocycles. The van der Waals surface area contributed by atoms with Crippen LogP contribution in [-0.2, 0) is 12.8 Å². The zero-order valence-electron chi connectivity index (χ0n) is 16.8. The molecule has 0 bridgehead atoms. The number of rotatable bonds is 6. The molecule has 0 spiro atoms. The average molecular weight is 483 g/mol. The van der Waals surface area contributed by atoms with E-state index in [-0.39, 0.29) is 24.0 Å². The van der Waals surface area contributed by atoms with Crippen molar-refractivity contribution in [2.75, 3.05) is 40.3 Å². The predicted octanol–water partition coefficient (Wildman–Crippen LogP) is 3.40. The molecule has 1 aliphatic heterocycles. The Morgan fingerprint density at radius 2 is 2.15 bits per heavy atom. The Morgan fingerprint density at radius 3 is 2.89 bits per heavy atom. The van der Waals surface area contributed by atoms with Gasteiger partial charge >= 0.3 is 0 Å². The third kappa shape index (κ3) is 5.85. The maximum atomic E-state index is 4.37. The molecule has 5 nitrogen and oxygen atoms in total. The van der Waals surface area contributed by atoms with Crippen molar-refractivity contribution in [2.45, 2.75) is 32.6 Å². The third-order valence-corrected chi connectivity index (χ3v) is 5.46. The van der Waals surface area contributed by atoms with Gasteiger partial charge in [-0.05, 0) is 56.3 Å². The summed E-state index contributed by atoms with van der Waals surface area (Å²) in [6, 6.07) is 6.58. The number of nitrogens with zero attached hydrogens (tertiary/aromatic N) is 2. The first-order chi connectivity index (χ1) is 12.7. The van der Waals surface area contributed by atoms with Gasteiger partial charge in [-0.2, -0.15) is 0 Å². The maximum Gasteiger partial charge on any atom is 0.190 e. The van der Waals surface area contributed by atoms with Crippen LogP contribution in [-0.4, -0.2) is 56.1 Å². The second-order valence-corrected chi connectivity index (χ2v) is 7.41. The summed E-state index contributed by atoms with van der Waals surface area (Å²) in [5.41, 5.74) is 4.04. The first-order valence-electron chi connectivity index (χ1n) is 9.92. The van der Waals surface area contributed by atoms with Gasteiger partial charge in [0.25, 0.3) is 0 Å². The lowest BCUT2D eigenvalue weighted by Gasteiger charge is -2.30. The van der Waals surface area contributed by atoms with Crippen molar-refractivity contribution in [3.63, 3.8) is 0 Å². The van der Waals surface area contributed by atoms with Crippen molar-refractivity contribution < 1.29 is 0 Å². The summed E-state index contributed by atoms with van der Waals surface area (Å²) < 4.78 is 0. The second kappa shape index (κ2) is 10.9. The molecule has 2 heterocycles. The number of benzene rings is 1. The number of H-pyrrole nitrogens is 1. The van der Waals surface area contributed by atoms with E-state index < -0.39 is 0 Å². The summed E-state index contributed by atoms with van der Waals surface area (Å²) in [5.74, 6) is 1.63. The number of aryl methyl sites for hydroxylation is 1. The number of hydrogen-bond acceptors (Lipinski definition) is 2. The summed E-state index contributed by atoms with van der Waals surface area (Å²) in [6.45, 7) is 6.49. The van der Waals surface area contributed by atoms with Crippen molar-refractivity contribution in [1.29, 1.82) is 0 Å². The van der Waals surface area contributed by atoms with E-state index in [4.69, 9.17) is 0 Å². The highest BCUT2D eigenvalue weighted by Gasteiger charge is 2.17. The zero-order valence-corrected chi connectivity index (χ0v) is 19.2. The van der Waals surface area contributed by atoms with Gasteiger partial charge in [-0.15, -0.1) is 24.0 Å². The molecule has 0 amide bonds. The van der Waals surface area contributed by atoms with Gasteiger partial charge in [0.05, 0.1) is 0 Å². The van der Waals surface area contributed by atoms with E-state index in [0.717, 1.165) is 31.9 Å². The Hall–Kier alpha value is -1.28. The van der Waals surface area contributed by atoms with Crippen LogP contribution >= 0.6 is 24.0 Å². The number of likely N-dealkylation sites (tertiary alicyclic amines) is 1. The van der Waals surface area contributed by atoms with Crippen LogP contribution in [0.25, 0.3) is 10.9 Å². The quantitative estimate of drug-likeness (QED) is 0.336. The number of nitrogens with one attached hydrogen (secondary N) is 3. The Bertz CT molecular complexity index is 739. The monoisotopic (exact) mass is 483 g/mol. The van der Waals surface area contributed by atoms with Crippen LogP contribution in [0.1, 0.15) is 30.9 Å². The Labute approximate surface area is 180 Å². The Balaban J connectivity index is 0.00000261. The highest BCUT2D eigenvalue weighted by atomic mass is 127. The number of hydrogen-bond donors (Lipinski definition) is 3. The number of halogens is 1. The lowest BCUT2D eigenvalue weighted by Crippen LogP contribution is -2.44. The summed E-state index contributed by atoms with van der Waals surface area (Å²) >= 11 is 0. The van der Waals surface area contributed by atoms with Crippen molar-refractivity contribution in [1.82, 2.24) is 20.5 Å². The van der Waals surface area contributed by atoms with Gasteiger partial charge < -0.3 is 20.5 Å². The minimum absolute atomic E-state index is 0. The fraction of sp³-hybridized carbons (Fsp3) is 0.571. The molecule has 6 heteroatoms. The largest absolute Gasteiger partial charge is 0.361 e. The van der Waals surface area contributed by atoms with Gasteiger partial charge in [-0.1, -0.05) is 25.1 Å². The van der Waals surface area contributed by atoms with Gasteiger partial charge in [0.15, 0.2) is 5.96 Å². The number of fused-ring (bicyclic) bond motifs is 1. The van der Waals surface area contributed by atoms with Gasteiger partial charge in [-0.25, -0.2) is 0 Å². The van der Waals surface area contributed by atoms with E-state index in [2.05, 4.69) is 63.9 Å². The van der Waals surface area contributed by atoms with E-state index in [1.54, 1.807) is 0 Å². The number of guanidine groups is 1. The van der Waals surface area contributed by atoms with Crippen LogP contribution in [0.5, 0.6) is 0 Å². The molecule has 1 aromatic heterocycles. The molecule has 1 fully saturated rings. The lowest BCUT2D eigenvalue weighted by atomic mass is 9.99. The van der Waals surface area contributed by atoms with Crippen LogP contribution in [0.2, 0.25) is 0 Å². The summed E-state index contributed by atoms with van der Waals surface area (Å²) in [5, 5.41) is 8.31. The number of aromatic amines is 1. The fourth-order valence-corrected chi connectivity index (χ4v) is 3.99. The highest BCUT2D eigenvalue weighted by molar-refractivity contribution is 14.0. The summed E-state index contributed by atoms with van der Waals surface area (Å²) in [7, 11) is 4.06. The minimum atomic E-state index is 0. The molecule has 1 atom stereocenters. The van der Waals surface area contributed by atoms with E-state index in [0.29, 0.717) is 5.92 Å². The molecule has 2 aromatic rings. The normalized spacial score (nSPS) is 18.3. The van der Waals surface area contributed by atoms with Crippen LogP contribution in [0.15, 0.2) is 29.4 Å². The van der Waals surface area contributed by atoms with Gasteiger partial charge in [0.2, 0.25) is 0 Å². The minimum Gasteiger partial charge on any atom is -0.361 e.